The maximum atomic E-state index is 12.8. The number of carbonyl (C=O) groups is 1. The fourth-order valence-corrected chi connectivity index (χ4v) is 5.09. The van der Waals surface area contributed by atoms with E-state index < -0.39 is 0 Å². The summed E-state index contributed by atoms with van der Waals surface area (Å²) in [6.07, 6.45) is 2.39. The zero-order valence-electron chi connectivity index (χ0n) is 14.3. The van der Waals surface area contributed by atoms with E-state index in [2.05, 4.69) is 29.0 Å². The van der Waals surface area contributed by atoms with Crippen molar-refractivity contribution in [1.29, 1.82) is 0 Å². The molecule has 0 aliphatic carbocycles. The molecule has 3 fully saturated rings. The van der Waals surface area contributed by atoms with E-state index in [0.29, 0.717) is 5.92 Å². The molecule has 2 aromatic rings. The highest BCUT2D eigenvalue weighted by Crippen LogP contribution is 2.39. The first-order valence-corrected chi connectivity index (χ1v) is 9.20. The van der Waals surface area contributed by atoms with Crippen LogP contribution in [0.3, 0.4) is 0 Å². The summed E-state index contributed by atoms with van der Waals surface area (Å²) in [7, 11) is 0. The lowest BCUT2D eigenvalue weighted by molar-refractivity contribution is -0.0378. The highest BCUT2D eigenvalue weighted by atomic mass is 35.5. The van der Waals surface area contributed by atoms with E-state index in [1.54, 1.807) is 11.3 Å². The van der Waals surface area contributed by atoms with Crippen LogP contribution >= 0.6 is 23.7 Å². The zero-order valence-corrected chi connectivity index (χ0v) is 16.0. The molecule has 3 saturated heterocycles. The van der Waals surface area contributed by atoms with Gasteiger partial charge in [-0.15, -0.1) is 23.7 Å². The Morgan fingerprint density at radius 2 is 2.04 bits per heavy atom. The third kappa shape index (κ3) is 2.83. The van der Waals surface area contributed by atoms with Crippen molar-refractivity contribution in [3.63, 3.8) is 0 Å². The summed E-state index contributed by atoms with van der Waals surface area (Å²) in [5.74, 6) is 0.633. The number of aromatic nitrogens is 1. The number of nitrogens with zero attached hydrogens (tertiary/aromatic N) is 2. The highest BCUT2D eigenvalue weighted by molar-refractivity contribution is 7.18. The Bertz CT molecular complexity index is 765. The molecule has 3 aliphatic heterocycles. The summed E-state index contributed by atoms with van der Waals surface area (Å²) in [5, 5.41) is 4.36. The molecule has 0 spiro atoms. The smallest absolute Gasteiger partial charge is 0.251 e. The minimum Gasteiger partial charge on any atom is -0.347 e. The van der Waals surface area contributed by atoms with Gasteiger partial charge in [0.25, 0.3) is 5.91 Å². The monoisotopic (exact) mass is 365 g/mol. The van der Waals surface area contributed by atoms with Gasteiger partial charge in [0.05, 0.1) is 15.2 Å². The first kappa shape index (κ1) is 17.6. The minimum atomic E-state index is 0. The Kier molecular flexibility index (Phi) is 4.62. The van der Waals surface area contributed by atoms with Gasteiger partial charge >= 0.3 is 0 Å². The zero-order chi connectivity index (χ0) is 16.2. The molecule has 1 aromatic carbocycles. The summed E-state index contributed by atoms with van der Waals surface area (Å²) in [5.41, 5.74) is 1.68. The molecule has 1 aromatic heterocycles. The van der Waals surface area contributed by atoms with Crippen molar-refractivity contribution in [2.24, 2.45) is 5.92 Å². The lowest BCUT2D eigenvalue weighted by Gasteiger charge is -2.56. The van der Waals surface area contributed by atoms with Gasteiger partial charge in [0, 0.05) is 17.1 Å². The quantitative estimate of drug-likeness (QED) is 0.883. The van der Waals surface area contributed by atoms with Crippen molar-refractivity contribution in [2.45, 2.75) is 45.2 Å². The standard InChI is InChI=1S/C18H23N3OS.ClH/c1-11-19-14-10-13(4-5-15(14)23-11)17(22)20-16-12-6-8-21(9-7-12)18(16,2)3;/h4-5,10,12,16H,6-9H2,1-3H3,(H,20,22);1H/t16-;/m1./s1. The Morgan fingerprint density at radius 1 is 1.33 bits per heavy atom. The van der Waals surface area contributed by atoms with E-state index in [4.69, 9.17) is 0 Å². The van der Waals surface area contributed by atoms with E-state index in [-0.39, 0.29) is 29.9 Å². The van der Waals surface area contributed by atoms with Crippen molar-refractivity contribution in [3.05, 3.63) is 28.8 Å². The van der Waals surface area contributed by atoms with Crippen LogP contribution in [0.15, 0.2) is 18.2 Å². The molecular formula is C18H24ClN3OS. The summed E-state index contributed by atoms with van der Waals surface area (Å²) in [6.45, 7) is 8.84. The molecule has 5 rings (SSSR count). The Hall–Kier alpha value is -1.17. The van der Waals surface area contributed by atoms with Crippen LogP contribution in [0.5, 0.6) is 0 Å². The number of piperidine rings is 3. The SMILES string of the molecule is Cc1nc2cc(C(=O)N[C@@H]3C4CCN(CC4)C3(C)C)ccc2s1.Cl. The van der Waals surface area contributed by atoms with Gasteiger partial charge in [0.15, 0.2) is 0 Å². The van der Waals surface area contributed by atoms with Crippen LogP contribution < -0.4 is 5.32 Å². The average molecular weight is 366 g/mol. The predicted octanol–water partition coefficient (Wildman–Crippen LogP) is 3.63. The molecule has 3 aliphatic rings. The maximum Gasteiger partial charge on any atom is 0.251 e. The molecule has 1 atom stereocenters. The molecule has 130 valence electrons. The number of rotatable bonds is 2. The molecule has 24 heavy (non-hydrogen) atoms. The van der Waals surface area contributed by atoms with Gasteiger partial charge in [-0.2, -0.15) is 0 Å². The Labute approximate surface area is 153 Å². The van der Waals surface area contributed by atoms with E-state index in [1.165, 1.54) is 12.8 Å². The van der Waals surface area contributed by atoms with E-state index in [0.717, 1.165) is 33.9 Å². The number of hydrogen-bond donors (Lipinski definition) is 1. The van der Waals surface area contributed by atoms with Crippen molar-refractivity contribution < 1.29 is 4.79 Å². The van der Waals surface area contributed by atoms with Crippen LogP contribution in [-0.4, -0.2) is 40.5 Å². The topological polar surface area (TPSA) is 45.2 Å². The summed E-state index contributed by atoms with van der Waals surface area (Å²) in [6, 6.07) is 6.08. The Balaban J connectivity index is 0.00000169. The molecule has 1 N–H and O–H groups in total. The molecule has 6 heteroatoms. The lowest BCUT2D eigenvalue weighted by atomic mass is 9.72. The summed E-state index contributed by atoms with van der Waals surface area (Å²) < 4.78 is 1.14. The van der Waals surface area contributed by atoms with Gasteiger partial charge in [-0.05, 0) is 70.8 Å². The number of halogens is 1. The van der Waals surface area contributed by atoms with Crippen molar-refractivity contribution in [1.82, 2.24) is 15.2 Å². The number of benzene rings is 1. The third-order valence-electron chi connectivity index (χ3n) is 5.63. The van der Waals surface area contributed by atoms with Gasteiger partial charge in [-0.1, -0.05) is 0 Å². The molecule has 4 nitrogen and oxygen atoms in total. The van der Waals surface area contributed by atoms with Gasteiger partial charge < -0.3 is 5.32 Å². The molecule has 1 amide bonds. The largest absolute Gasteiger partial charge is 0.347 e. The number of amides is 1. The molecular weight excluding hydrogens is 342 g/mol. The van der Waals surface area contributed by atoms with E-state index in [1.807, 2.05) is 25.1 Å². The van der Waals surface area contributed by atoms with Crippen LogP contribution in [0, 0.1) is 12.8 Å². The molecule has 0 radical (unpaired) electrons. The van der Waals surface area contributed by atoms with Crippen molar-refractivity contribution in [3.8, 4) is 0 Å². The maximum absolute atomic E-state index is 12.8. The number of thiazole rings is 1. The average Bonchev–Trinajstić information content (AvgIpc) is 2.90. The van der Waals surface area contributed by atoms with Crippen LogP contribution in [0.4, 0.5) is 0 Å². The summed E-state index contributed by atoms with van der Waals surface area (Å²) >= 11 is 1.67. The molecule has 0 unspecified atom stereocenters. The lowest BCUT2D eigenvalue weighted by Crippen LogP contribution is -2.69. The minimum absolute atomic E-state index is 0. The highest BCUT2D eigenvalue weighted by Gasteiger charge is 2.48. The molecule has 2 bridgehead atoms. The predicted molar refractivity (Wildman–Crippen MR) is 101 cm³/mol. The van der Waals surface area contributed by atoms with Crippen LogP contribution in [0.25, 0.3) is 10.2 Å². The van der Waals surface area contributed by atoms with Gasteiger partial charge in [0.1, 0.15) is 0 Å². The molecule has 4 heterocycles. The Morgan fingerprint density at radius 3 is 2.71 bits per heavy atom. The van der Waals surface area contributed by atoms with Gasteiger partial charge in [-0.25, -0.2) is 4.98 Å². The van der Waals surface area contributed by atoms with Crippen molar-refractivity contribution in [2.75, 3.05) is 13.1 Å². The fraction of sp³-hybridized carbons (Fsp3) is 0.556. The fourth-order valence-electron chi connectivity index (χ4n) is 4.29. The molecule has 0 saturated carbocycles. The van der Waals surface area contributed by atoms with E-state index >= 15 is 0 Å². The van der Waals surface area contributed by atoms with Gasteiger partial charge in [0.2, 0.25) is 0 Å². The summed E-state index contributed by atoms with van der Waals surface area (Å²) in [4.78, 5) is 19.8. The van der Waals surface area contributed by atoms with Crippen molar-refractivity contribution >= 4 is 39.9 Å². The number of carbonyl (C=O) groups excluding carboxylic acids is 1. The second kappa shape index (κ2) is 6.28. The second-order valence-corrected chi connectivity index (χ2v) is 8.58. The first-order valence-electron chi connectivity index (χ1n) is 8.38. The number of nitrogens with one attached hydrogen (secondary N) is 1. The number of aryl methyl sites for hydroxylation is 1. The third-order valence-corrected chi connectivity index (χ3v) is 6.58. The van der Waals surface area contributed by atoms with Crippen LogP contribution in [0.2, 0.25) is 0 Å². The number of hydrogen-bond acceptors (Lipinski definition) is 4. The van der Waals surface area contributed by atoms with E-state index in [9.17, 15) is 4.79 Å². The van der Waals surface area contributed by atoms with Crippen LogP contribution in [0.1, 0.15) is 42.1 Å². The van der Waals surface area contributed by atoms with Gasteiger partial charge in [-0.3, -0.25) is 9.69 Å². The normalized spacial score (nSPS) is 27.7. The number of fused-ring (bicyclic) bond motifs is 4. The first-order chi connectivity index (χ1) is 10.9. The second-order valence-electron chi connectivity index (χ2n) is 7.34. The van der Waals surface area contributed by atoms with Crippen LogP contribution in [-0.2, 0) is 0 Å².